The number of rotatable bonds is 4. The second-order valence-corrected chi connectivity index (χ2v) is 2.84. The van der Waals surface area contributed by atoms with Crippen molar-refractivity contribution in [1.82, 2.24) is 4.98 Å². The van der Waals surface area contributed by atoms with Gasteiger partial charge >= 0.3 is 6.18 Å². The molecule has 1 aromatic rings. The first kappa shape index (κ1) is 11.8. The molecule has 0 amide bonds. The molecule has 0 bridgehead atoms. The fourth-order valence-corrected chi connectivity index (χ4v) is 0.897. The van der Waals surface area contributed by atoms with E-state index >= 15 is 0 Å². The van der Waals surface area contributed by atoms with Gasteiger partial charge in [-0.25, -0.2) is 4.98 Å². The van der Waals surface area contributed by atoms with Crippen LogP contribution in [-0.4, -0.2) is 22.9 Å². The summed E-state index contributed by atoms with van der Waals surface area (Å²) in [4.78, 5) is 3.77. The summed E-state index contributed by atoms with van der Waals surface area (Å²) < 4.78 is 40.1. The van der Waals surface area contributed by atoms with E-state index in [1.165, 1.54) is 6.07 Å². The summed E-state index contributed by atoms with van der Waals surface area (Å²) in [5, 5.41) is 8.72. The number of hydrogen-bond donors (Lipinski definition) is 1. The van der Waals surface area contributed by atoms with Crippen LogP contribution < -0.4 is 4.74 Å². The lowest BCUT2D eigenvalue weighted by Gasteiger charge is -2.08. The third kappa shape index (κ3) is 4.64. The molecule has 0 saturated carbocycles. The first-order valence-corrected chi connectivity index (χ1v) is 4.27. The second-order valence-electron chi connectivity index (χ2n) is 2.84. The Kier molecular flexibility index (Phi) is 3.90. The van der Waals surface area contributed by atoms with Crippen LogP contribution in [0.2, 0.25) is 0 Å². The number of aliphatic hydroxyl groups is 1. The predicted molar refractivity (Wildman–Crippen MR) is 46.3 cm³/mol. The minimum Gasteiger partial charge on any atom is -0.477 e. The highest BCUT2D eigenvalue weighted by molar-refractivity contribution is 5.15. The molecule has 0 aliphatic heterocycles. The van der Waals surface area contributed by atoms with Crippen LogP contribution in [0.3, 0.4) is 0 Å². The zero-order chi connectivity index (χ0) is 11.3. The molecule has 0 spiro atoms. The third-order valence-corrected chi connectivity index (χ3v) is 1.58. The van der Waals surface area contributed by atoms with Crippen molar-refractivity contribution in [1.29, 1.82) is 0 Å². The average molecular weight is 221 g/mol. The van der Waals surface area contributed by atoms with Crippen LogP contribution in [0.25, 0.3) is 0 Å². The van der Waals surface area contributed by atoms with Crippen molar-refractivity contribution in [3.05, 3.63) is 23.9 Å². The van der Waals surface area contributed by atoms with Gasteiger partial charge in [-0.1, -0.05) is 6.07 Å². The molecule has 0 aliphatic carbocycles. The maximum Gasteiger partial charge on any atom is 0.392 e. The van der Waals surface area contributed by atoms with Crippen LogP contribution in [0.5, 0.6) is 5.88 Å². The predicted octanol–water partition coefficient (Wildman–Crippen LogP) is 1.91. The summed E-state index contributed by atoms with van der Waals surface area (Å²) in [6, 6.07) is 4.55. The lowest BCUT2D eigenvalue weighted by Crippen LogP contribution is -2.13. The summed E-state index contributed by atoms with van der Waals surface area (Å²) in [6.45, 7) is -0.734. The number of nitrogens with zero attached hydrogens (tertiary/aromatic N) is 1. The van der Waals surface area contributed by atoms with Gasteiger partial charge in [0.1, 0.15) is 0 Å². The molecule has 0 aromatic carbocycles. The van der Waals surface area contributed by atoms with E-state index in [4.69, 9.17) is 9.84 Å². The van der Waals surface area contributed by atoms with Crippen molar-refractivity contribution in [3.63, 3.8) is 0 Å². The monoisotopic (exact) mass is 221 g/mol. The topological polar surface area (TPSA) is 42.4 Å². The van der Waals surface area contributed by atoms with Crippen LogP contribution in [0, 0.1) is 0 Å². The highest BCUT2D eigenvalue weighted by Gasteiger charge is 2.26. The van der Waals surface area contributed by atoms with Gasteiger partial charge in [0.25, 0.3) is 0 Å². The molecule has 0 fully saturated rings. The van der Waals surface area contributed by atoms with E-state index in [0.717, 1.165) is 0 Å². The van der Waals surface area contributed by atoms with Gasteiger partial charge in [-0.2, -0.15) is 13.2 Å². The maximum atomic E-state index is 11.8. The Morgan fingerprint density at radius 3 is 2.67 bits per heavy atom. The number of aromatic nitrogens is 1. The van der Waals surface area contributed by atoms with E-state index in [-0.39, 0.29) is 12.5 Å². The van der Waals surface area contributed by atoms with Crippen molar-refractivity contribution in [2.24, 2.45) is 0 Å². The highest BCUT2D eigenvalue weighted by atomic mass is 19.4. The van der Waals surface area contributed by atoms with Crippen molar-refractivity contribution < 1.29 is 23.0 Å². The Hall–Kier alpha value is -1.30. The van der Waals surface area contributed by atoms with Gasteiger partial charge in [0.05, 0.1) is 25.3 Å². The molecule has 1 N–H and O–H groups in total. The average Bonchev–Trinajstić information content (AvgIpc) is 2.16. The van der Waals surface area contributed by atoms with Gasteiger partial charge < -0.3 is 9.84 Å². The van der Waals surface area contributed by atoms with Crippen LogP contribution in [-0.2, 0) is 6.61 Å². The smallest absolute Gasteiger partial charge is 0.392 e. The first-order valence-electron chi connectivity index (χ1n) is 4.27. The van der Waals surface area contributed by atoms with Crippen molar-refractivity contribution >= 4 is 0 Å². The van der Waals surface area contributed by atoms with Gasteiger partial charge in [-0.3, -0.25) is 0 Å². The zero-order valence-electron chi connectivity index (χ0n) is 7.79. The lowest BCUT2D eigenvalue weighted by molar-refractivity contribution is -0.139. The number of alkyl halides is 3. The van der Waals surface area contributed by atoms with Gasteiger partial charge in [-0.15, -0.1) is 0 Å². The summed E-state index contributed by atoms with van der Waals surface area (Å²) in [5.41, 5.74) is 0.361. The zero-order valence-corrected chi connectivity index (χ0v) is 7.79. The van der Waals surface area contributed by atoms with Gasteiger partial charge in [0, 0.05) is 6.07 Å². The quantitative estimate of drug-likeness (QED) is 0.844. The van der Waals surface area contributed by atoms with E-state index in [1.807, 2.05) is 0 Å². The van der Waals surface area contributed by atoms with Gasteiger partial charge in [0.2, 0.25) is 5.88 Å². The van der Waals surface area contributed by atoms with Crippen LogP contribution in [0.4, 0.5) is 13.2 Å². The summed E-state index contributed by atoms with van der Waals surface area (Å²) in [6.07, 6.45) is -5.24. The Morgan fingerprint density at radius 1 is 1.33 bits per heavy atom. The van der Waals surface area contributed by atoms with Gasteiger partial charge in [-0.05, 0) is 6.07 Å². The minimum atomic E-state index is -4.23. The van der Waals surface area contributed by atoms with Gasteiger partial charge in [0.15, 0.2) is 0 Å². The van der Waals surface area contributed by atoms with Crippen molar-refractivity contribution in [2.75, 3.05) is 6.61 Å². The second kappa shape index (κ2) is 4.97. The maximum absolute atomic E-state index is 11.8. The molecule has 0 radical (unpaired) electrons. The molecule has 6 heteroatoms. The molecule has 3 nitrogen and oxygen atoms in total. The molecule has 1 heterocycles. The molecule has 1 aromatic heterocycles. The Labute approximate surface area is 84.5 Å². The third-order valence-electron chi connectivity index (χ3n) is 1.58. The van der Waals surface area contributed by atoms with E-state index in [2.05, 4.69) is 4.98 Å². The van der Waals surface area contributed by atoms with E-state index in [0.29, 0.717) is 5.69 Å². The van der Waals surface area contributed by atoms with Crippen molar-refractivity contribution in [2.45, 2.75) is 19.2 Å². The molecular weight excluding hydrogens is 211 g/mol. The summed E-state index contributed by atoms with van der Waals surface area (Å²) in [5.74, 6) is 0.0887. The van der Waals surface area contributed by atoms with E-state index in [9.17, 15) is 13.2 Å². The summed E-state index contributed by atoms with van der Waals surface area (Å²) >= 11 is 0. The first-order chi connectivity index (χ1) is 7.01. The fraction of sp³-hybridized carbons (Fsp3) is 0.444. The molecule has 0 atom stereocenters. The molecule has 0 saturated heterocycles. The minimum absolute atomic E-state index is 0.0887. The number of pyridine rings is 1. The Morgan fingerprint density at radius 2 is 2.07 bits per heavy atom. The van der Waals surface area contributed by atoms with E-state index < -0.39 is 19.2 Å². The normalized spacial score (nSPS) is 11.5. The Bertz CT molecular complexity index is 314. The number of ether oxygens (including phenoxy) is 1. The largest absolute Gasteiger partial charge is 0.477 e. The molecule has 84 valence electrons. The fourth-order valence-electron chi connectivity index (χ4n) is 0.897. The number of hydrogen-bond acceptors (Lipinski definition) is 3. The number of halogens is 3. The molecule has 0 unspecified atom stereocenters. The lowest BCUT2D eigenvalue weighted by atomic mass is 10.4. The highest BCUT2D eigenvalue weighted by Crippen LogP contribution is 2.19. The van der Waals surface area contributed by atoms with Crippen LogP contribution in [0.15, 0.2) is 18.2 Å². The molecular formula is C9H10F3NO2. The number of aliphatic hydroxyl groups excluding tert-OH is 1. The Balaban J connectivity index is 2.44. The van der Waals surface area contributed by atoms with E-state index in [1.54, 1.807) is 12.1 Å². The van der Waals surface area contributed by atoms with Crippen LogP contribution >= 0.6 is 0 Å². The van der Waals surface area contributed by atoms with Crippen LogP contribution in [0.1, 0.15) is 12.1 Å². The molecule has 0 aliphatic rings. The molecule has 15 heavy (non-hydrogen) atoms. The van der Waals surface area contributed by atoms with Crippen molar-refractivity contribution in [3.8, 4) is 5.88 Å². The SMILES string of the molecule is OCc1cccc(OCCC(F)(F)F)n1. The molecule has 1 rings (SSSR count). The standard InChI is InChI=1S/C9H10F3NO2/c10-9(11,12)4-5-15-8-3-1-2-7(6-14)13-8/h1-3,14H,4-6H2. The summed E-state index contributed by atoms with van der Waals surface area (Å²) in [7, 11) is 0.